The minimum absolute atomic E-state index is 0.131. The zero-order valence-corrected chi connectivity index (χ0v) is 10.7. The van der Waals surface area contributed by atoms with E-state index in [-0.39, 0.29) is 11.7 Å². The van der Waals surface area contributed by atoms with Gasteiger partial charge in [-0.3, -0.25) is 4.79 Å². The van der Waals surface area contributed by atoms with Crippen molar-refractivity contribution in [2.75, 3.05) is 20.3 Å². The maximum absolute atomic E-state index is 11.8. The molecule has 3 atom stereocenters. The molecule has 0 aliphatic heterocycles. The maximum atomic E-state index is 11.8. The predicted octanol–water partition coefficient (Wildman–Crippen LogP) is -0.447. The van der Waals surface area contributed by atoms with Crippen molar-refractivity contribution < 1.29 is 24.3 Å². The third kappa shape index (κ3) is 3.12. The van der Waals surface area contributed by atoms with Crippen LogP contribution in [0.1, 0.15) is 23.4 Å². The molecular formula is C12H18N2O5. The van der Waals surface area contributed by atoms with E-state index in [4.69, 9.17) is 9.26 Å². The van der Waals surface area contributed by atoms with Gasteiger partial charge >= 0.3 is 0 Å². The Morgan fingerprint density at radius 3 is 2.79 bits per heavy atom. The summed E-state index contributed by atoms with van der Waals surface area (Å²) in [5, 5.41) is 25.5. The number of carbonyl (C=O) groups is 1. The number of nitrogens with zero attached hydrogens (tertiary/aromatic N) is 1. The van der Waals surface area contributed by atoms with Gasteiger partial charge in [-0.05, 0) is 12.8 Å². The second-order valence-corrected chi connectivity index (χ2v) is 5.04. The smallest absolute Gasteiger partial charge is 0.289 e. The molecular weight excluding hydrogens is 252 g/mol. The molecule has 1 unspecified atom stereocenters. The topological polar surface area (TPSA) is 105 Å². The first-order valence-electron chi connectivity index (χ1n) is 6.10. The lowest BCUT2D eigenvalue weighted by Crippen LogP contribution is -2.39. The van der Waals surface area contributed by atoms with Gasteiger partial charge in [0.2, 0.25) is 5.76 Å². The molecule has 0 bridgehead atoms. The van der Waals surface area contributed by atoms with E-state index in [9.17, 15) is 15.0 Å². The molecule has 19 heavy (non-hydrogen) atoms. The van der Waals surface area contributed by atoms with Crippen LogP contribution in [0.4, 0.5) is 0 Å². The standard InChI is InChI=1S/C12H18N2O5/c1-18-7-12(4-8(15)9(16)5-12)6-13-11(17)10-2-3-14-19-10/h2-3,8-9,15-16H,4-7H2,1H3,(H,13,17)/t8-,9+,12?. The van der Waals surface area contributed by atoms with Crippen LogP contribution >= 0.6 is 0 Å². The molecule has 0 aromatic carbocycles. The number of methoxy groups -OCH3 is 1. The van der Waals surface area contributed by atoms with Crippen LogP contribution in [0.5, 0.6) is 0 Å². The first-order chi connectivity index (χ1) is 9.06. The van der Waals surface area contributed by atoms with Crippen LogP contribution in [0.2, 0.25) is 0 Å². The normalized spacial score (nSPS) is 30.5. The summed E-state index contributed by atoms with van der Waals surface area (Å²) in [6, 6.07) is 1.47. The second kappa shape index (κ2) is 5.68. The molecule has 2 rings (SSSR count). The monoisotopic (exact) mass is 270 g/mol. The molecule has 1 aliphatic carbocycles. The second-order valence-electron chi connectivity index (χ2n) is 5.04. The van der Waals surface area contributed by atoms with Crippen molar-refractivity contribution in [3.8, 4) is 0 Å². The highest BCUT2D eigenvalue weighted by Gasteiger charge is 2.44. The highest BCUT2D eigenvalue weighted by atomic mass is 16.5. The number of ether oxygens (including phenoxy) is 1. The van der Waals surface area contributed by atoms with Crippen LogP contribution < -0.4 is 5.32 Å². The largest absolute Gasteiger partial charge is 0.390 e. The van der Waals surface area contributed by atoms with Gasteiger partial charge in [0, 0.05) is 25.1 Å². The van der Waals surface area contributed by atoms with Gasteiger partial charge < -0.3 is 24.8 Å². The van der Waals surface area contributed by atoms with Crippen LogP contribution in [0.25, 0.3) is 0 Å². The first kappa shape index (κ1) is 14.0. The Morgan fingerprint density at radius 2 is 2.26 bits per heavy atom. The van der Waals surface area contributed by atoms with E-state index in [2.05, 4.69) is 10.5 Å². The molecule has 1 heterocycles. The number of rotatable bonds is 5. The third-order valence-electron chi connectivity index (χ3n) is 3.46. The van der Waals surface area contributed by atoms with E-state index < -0.39 is 17.6 Å². The van der Waals surface area contributed by atoms with Crippen molar-refractivity contribution in [2.24, 2.45) is 5.41 Å². The molecule has 7 nitrogen and oxygen atoms in total. The van der Waals surface area contributed by atoms with Crippen LogP contribution in [0.3, 0.4) is 0 Å². The van der Waals surface area contributed by atoms with Gasteiger partial charge in [0.1, 0.15) is 0 Å². The fourth-order valence-electron chi connectivity index (χ4n) is 2.55. The number of carbonyl (C=O) groups excluding carboxylic acids is 1. The fraction of sp³-hybridized carbons (Fsp3) is 0.667. The average molecular weight is 270 g/mol. The molecule has 7 heteroatoms. The average Bonchev–Trinajstić information content (AvgIpc) is 2.97. The predicted molar refractivity (Wildman–Crippen MR) is 64.4 cm³/mol. The van der Waals surface area contributed by atoms with Gasteiger partial charge in [-0.2, -0.15) is 0 Å². The van der Waals surface area contributed by atoms with E-state index in [1.165, 1.54) is 12.3 Å². The Morgan fingerprint density at radius 1 is 1.58 bits per heavy atom. The molecule has 0 radical (unpaired) electrons. The number of aliphatic hydroxyl groups is 2. The zero-order chi connectivity index (χ0) is 13.9. The summed E-state index contributed by atoms with van der Waals surface area (Å²) in [5.41, 5.74) is -0.455. The quantitative estimate of drug-likeness (QED) is 0.669. The molecule has 1 saturated carbocycles. The summed E-state index contributed by atoms with van der Waals surface area (Å²) in [5.74, 6) is -0.240. The van der Waals surface area contributed by atoms with Crippen molar-refractivity contribution in [1.82, 2.24) is 10.5 Å². The summed E-state index contributed by atoms with van der Waals surface area (Å²) >= 11 is 0. The van der Waals surface area contributed by atoms with E-state index in [0.29, 0.717) is 26.0 Å². The Bertz CT molecular complexity index is 410. The SMILES string of the molecule is COCC1(CNC(=O)c2ccno2)C[C@@H](O)[C@@H](O)C1. The molecule has 1 aliphatic rings. The maximum Gasteiger partial charge on any atom is 0.289 e. The number of hydrogen-bond donors (Lipinski definition) is 3. The summed E-state index contributed by atoms with van der Waals surface area (Å²) in [4.78, 5) is 11.8. The molecule has 0 saturated heterocycles. The molecule has 1 fully saturated rings. The highest BCUT2D eigenvalue weighted by molar-refractivity contribution is 5.91. The lowest BCUT2D eigenvalue weighted by Gasteiger charge is -2.28. The lowest BCUT2D eigenvalue weighted by atomic mass is 9.86. The number of aromatic nitrogens is 1. The van der Waals surface area contributed by atoms with Crippen molar-refractivity contribution in [2.45, 2.75) is 25.0 Å². The van der Waals surface area contributed by atoms with E-state index in [1.807, 2.05) is 0 Å². The Hall–Kier alpha value is -1.44. The number of hydrogen-bond acceptors (Lipinski definition) is 6. The fourth-order valence-corrected chi connectivity index (χ4v) is 2.55. The summed E-state index contributed by atoms with van der Waals surface area (Å²) in [6.45, 7) is 0.659. The molecule has 0 spiro atoms. The first-order valence-corrected chi connectivity index (χ1v) is 6.10. The number of nitrogens with one attached hydrogen (secondary N) is 1. The van der Waals surface area contributed by atoms with Crippen molar-refractivity contribution in [1.29, 1.82) is 0 Å². The molecule has 1 amide bonds. The van der Waals surface area contributed by atoms with Crippen LogP contribution in [0, 0.1) is 5.41 Å². The van der Waals surface area contributed by atoms with Gasteiger partial charge in [-0.1, -0.05) is 5.16 Å². The molecule has 3 N–H and O–H groups in total. The highest BCUT2D eigenvalue weighted by Crippen LogP contribution is 2.38. The van der Waals surface area contributed by atoms with Crippen molar-refractivity contribution in [3.05, 3.63) is 18.0 Å². The summed E-state index contributed by atoms with van der Waals surface area (Å²) < 4.78 is 9.89. The Kier molecular flexibility index (Phi) is 4.18. The lowest BCUT2D eigenvalue weighted by molar-refractivity contribution is 0.0438. The summed E-state index contributed by atoms with van der Waals surface area (Å²) in [6.07, 6.45) is 0.606. The van der Waals surface area contributed by atoms with Crippen molar-refractivity contribution in [3.63, 3.8) is 0 Å². The van der Waals surface area contributed by atoms with Gasteiger partial charge in [0.05, 0.1) is 25.0 Å². The summed E-state index contributed by atoms with van der Waals surface area (Å²) in [7, 11) is 1.55. The Labute approximate surface area is 110 Å². The molecule has 106 valence electrons. The number of aliphatic hydroxyl groups excluding tert-OH is 2. The Balaban J connectivity index is 1.96. The minimum atomic E-state index is -0.780. The number of amides is 1. The van der Waals surface area contributed by atoms with Crippen LogP contribution in [-0.2, 0) is 4.74 Å². The third-order valence-corrected chi connectivity index (χ3v) is 3.46. The zero-order valence-electron chi connectivity index (χ0n) is 10.7. The van der Waals surface area contributed by atoms with Crippen molar-refractivity contribution >= 4 is 5.91 Å². The van der Waals surface area contributed by atoms with Gasteiger partial charge in [0.15, 0.2) is 0 Å². The van der Waals surface area contributed by atoms with E-state index in [1.54, 1.807) is 7.11 Å². The molecule has 1 aromatic rings. The van der Waals surface area contributed by atoms with Gasteiger partial charge in [-0.15, -0.1) is 0 Å². The minimum Gasteiger partial charge on any atom is -0.390 e. The molecule has 1 aromatic heterocycles. The van der Waals surface area contributed by atoms with Crippen LogP contribution in [0.15, 0.2) is 16.8 Å². The van der Waals surface area contributed by atoms with Crippen LogP contribution in [-0.4, -0.2) is 53.7 Å². The van der Waals surface area contributed by atoms with Gasteiger partial charge in [-0.25, -0.2) is 0 Å². The van der Waals surface area contributed by atoms with Gasteiger partial charge in [0.25, 0.3) is 5.91 Å². The van der Waals surface area contributed by atoms with E-state index in [0.717, 1.165) is 0 Å². The van der Waals surface area contributed by atoms with E-state index >= 15 is 0 Å².